The quantitative estimate of drug-likeness (QED) is 0.544. The molecular weight excluding hydrogens is 352 g/mol. The first-order chi connectivity index (χ1) is 13.3. The number of anilines is 1. The number of carboxylic acid groups (broad SMARTS) is 1. The van der Waals surface area contributed by atoms with Gasteiger partial charge in [0.15, 0.2) is 0 Å². The van der Waals surface area contributed by atoms with E-state index >= 15 is 0 Å². The van der Waals surface area contributed by atoms with Crippen LogP contribution in [-0.2, 0) is 0 Å². The molecular formula is C22H22N4O2. The number of H-pyrrole nitrogens is 1. The maximum absolute atomic E-state index is 11.4. The number of aryl methyl sites for hydroxylation is 1. The number of nitrogens with zero attached hydrogens (tertiary/aromatic N) is 3. The molecule has 0 saturated carbocycles. The fourth-order valence-corrected chi connectivity index (χ4v) is 3.34. The molecule has 0 atom stereocenters. The summed E-state index contributed by atoms with van der Waals surface area (Å²) in [5.41, 5.74) is 5.80. The molecule has 6 nitrogen and oxygen atoms in total. The number of fused-ring (bicyclic) bond motifs is 2. The minimum absolute atomic E-state index is 0.260. The zero-order chi connectivity index (χ0) is 20.0. The highest BCUT2D eigenvalue weighted by Gasteiger charge is 2.17. The Morgan fingerprint density at radius 3 is 2.57 bits per heavy atom. The first kappa shape index (κ1) is 18.0. The monoisotopic (exact) mass is 374 g/mol. The van der Waals surface area contributed by atoms with Crippen molar-refractivity contribution in [3.05, 3.63) is 53.7 Å². The van der Waals surface area contributed by atoms with E-state index in [1.54, 1.807) is 18.2 Å². The van der Waals surface area contributed by atoms with Crippen LogP contribution in [0.4, 0.5) is 5.69 Å². The number of hydrogen-bond acceptors (Lipinski definition) is 4. The summed E-state index contributed by atoms with van der Waals surface area (Å²) in [6.07, 6.45) is 0. The van der Waals surface area contributed by atoms with E-state index in [1.807, 2.05) is 32.2 Å². The van der Waals surface area contributed by atoms with Gasteiger partial charge in [0, 0.05) is 35.1 Å². The molecule has 0 amide bonds. The number of carbonyl (C=O) groups is 1. The smallest absolute Gasteiger partial charge is 0.335 e. The largest absolute Gasteiger partial charge is 0.478 e. The molecule has 2 heterocycles. The van der Waals surface area contributed by atoms with Gasteiger partial charge < -0.3 is 10.0 Å². The molecule has 2 aromatic carbocycles. The van der Waals surface area contributed by atoms with Crippen LogP contribution in [0.1, 0.15) is 29.9 Å². The first-order valence-electron chi connectivity index (χ1n) is 9.21. The van der Waals surface area contributed by atoms with Gasteiger partial charge in [-0.3, -0.25) is 5.10 Å². The van der Waals surface area contributed by atoms with Gasteiger partial charge in [-0.1, -0.05) is 6.07 Å². The molecule has 0 spiro atoms. The van der Waals surface area contributed by atoms with Gasteiger partial charge in [-0.05, 0) is 57.2 Å². The molecule has 0 unspecified atom stereocenters. The predicted octanol–water partition coefficient (Wildman–Crippen LogP) is 4.63. The molecule has 0 fully saturated rings. The number of aromatic carboxylic acids is 1. The number of rotatable bonds is 4. The topological polar surface area (TPSA) is 82.1 Å². The molecule has 0 saturated heterocycles. The van der Waals surface area contributed by atoms with Gasteiger partial charge in [0.2, 0.25) is 0 Å². The second-order valence-corrected chi connectivity index (χ2v) is 7.35. The predicted molar refractivity (Wildman–Crippen MR) is 112 cm³/mol. The summed E-state index contributed by atoms with van der Waals surface area (Å²) in [5.74, 6) is -0.939. The molecule has 142 valence electrons. The number of nitrogens with one attached hydrogen (secondary N) is 1. The van der Waals surface area contributed by atoms with Crippen molar-refractivity contribution in [2.24, 2.45) is 0 Å². The van der Waals surface area contributed by atoms with Crippen LogP contribution in [0.5, 0.6) is 0 Å². The highest BCUT2D eigenvalue weighted by Crippen LogP contribution is 2.34. The third-order valence-corrected chi connectivity index (χ3v) is 5.21. The fourth-order valence-electron chi connectivity index (χ4n) is 3.34. The van der Waals surface area contributed by atoms with E-state index in [1.165, 1.54) is 0 Å². The van der Waals surface area contributed by atoms with Crippen LogP contribution in [0.15, 0.2) is 42.5 Å². The summed E-state index contributed by atoms with van der Waals surface area (Å²) in [6, 6.07) is 13.4. The maximum Gasteiger partial charge on any atom is 0.335 e. The number of carboxylic acids is 1. The summed E-state index contributed by atoms with van der Waals surface area (Å²) < 4.78 is 0. The molecule has 0 aliphatic rings. The molecule has 0 aliphatic carbocycles. The average molecular weight is 374 g/mol. The standard InChI is InChI=1S/C22H22N4O2/c1-12(2)26(4)20-11-16-9-15(22(27)28)6-7-18(16)23-21(20)14-5-8-19-17(10-14)13(3)24-25-19/h5-12H,1-4H3,(H,24,25)(H,27,28). The zero-order valence-electron chi connectivity index (χ0n) is 16.3. The Balaban J connectivity index is 1.98. The van der Waals surface area contributed by atoms with E-state index in [-0.39, 0.29) is 11.6 Å². The van der Waals surface area contributed by atoms with Gasteiger partial charge in [-0.25, -0.2) is 9.78 Å². The Hall–Kier alpha value is -3.41. The van der Waals surface area contributed by atoms with Gasteiger partial charge in [0.05, 0.1) is 28.0 Å². The molecule has 4 rings (SSSR count). The van der Waals surface area contributed by atoms with E-state index in [9.17, 15) is 9.90 Å². The van der Waals surface area contributed by atoms with Gasteiger partial charge in [-0.2, -0.15) is 5.10 Å². The molecule has 0 aliphatic heterocycles. The first-order valence-corrected chi connectivity index (χ1v) is 9.21. The summed E-state index contributed by atoms with van der Waals surface area (Å²) in [5, 5.41) is 18.5. The van der Waals surface area contributed by atoms with Gasteiger partial charge >= 0.3 is 5.97 Å². The molecule has 2 N–H and O–H groups in total. The maximum atomic E-state index is 11.4. The van der Waals surface area contributed by atoms with Crippen molar-refractivity contribution < 1.29 is 9.90 Å². The van der Waals surface area contributed by atoms with Crippen LogP contribution in [-0.4, -0.2) is 39.3 Å². The Bertz CT molecular complexity index is 1210. The average Bonchev–Trinajstić information content (AvgIpc) is 3.06. The van der Waals surface area contributed by atoms with Crippen molar-refractivity contribution >= 4 is 33.5 Å². The SMILES string of the molecule is Cc1[nH]nc2ccc(-c3nc4ccc(C(=O)O)cc4cc3N(C)C(C)C)cc12. The lowest BCUT2D eigenvalue weighted by Crippen LogP contribution is -2.26. The fraction of sp³-hybridized carbons (Fsp3) is 0.227. The van der Waals surface area contributed by atoms with E-state index < -0.39 is 5.97 Å². The number of benzene rings is 2. The van der Waals surface area contributed by atoms with Crippen LogP contribution < -0.4 is 4.90 Å². The second-order valence-electron chi connectivity index (χ2n) is 7.35. The molecule has 28 heavy (non-hydrogen) atoms. The van der Waals surface area contributed by atoms with Crippen molar-refractivity contribution in [2.75, 3.05) is 11.9 Å². The van der Waals surface area contributed by atoms with Crippen molar-refractivity contribution in [1.29, 1.82) is 0 Å². The second kappa shape index (κ2) is 6.64. The van der Waals surface area contributed by atoms with E-state index in [2.05, 4.69) is 35.0 Å². The van der Waals surface area contributed by atoms with Gasteiger partial charge in [-0.15, -0.1) is 0 Å². The lowest BCUT2D eigenvalue weighted by Gasteiger charge is -2.26. The Morgan fingerprint density at radius 1 is 1.11 bits per heavy atom. The van der Waals surface area contributed by atoms with Gasteiger partial charge in [0.1, 0.15) is 0 Å². The normalized spacial score (nSPS) is 11.5. The summed E-state index contributed by atoms with van der Waals surface area (Å²) >= 11 is 0. The number of aromatic amines is 1. The zero-order valence-corrected chi connectivity index (χ0v) is 16.3. The highest BCUT2D eigenvalue weighted by molar-refractivity contribution is 5.97. The highest BCUT2D eigenvalue weighted by atomic mass is 16.4. The van der Waals surface area contributed by atoms with Crippen LogP contribution in [0, 0.1) is 6.92 Å². The number of aromatic nitrogens is 3. The summed E-state index contributed by atoms with van der Waals surface area (Å²) in [4.78, 5) is 18.4. The molecule has 0 bridgehead atoms. The molecule has 0 radical (unpaired) electrons. The molecule has 2 aromatic heterocycles. The third kappa shape index (κ3) is 2.97. The Labute approximate surface area is 162 Å². The summed E-state index contributed by atoms with van der Waals surface area (Å²) in [7, 11) is 2.03. The number of hydrogen-bond donors (Lipinski definition) is 2. The lowest BCUT2D eigenvalue weighted by atomic mass is 10.0. The van der Waals surface area contributed by atoms with Crippen LogP contribution in [0.2, 0.25) is 0 Å². The van der Waals surface area contributed by atoms with E-state index in [4.69, 9.17) is 4.98 Å². The van der Waals surface area contributed by atoms with Gasteiger partial charge in [0.25, 0.3) is 0 Å². The van der Waals surface area contributed by atoms with E-state index in [0.29, 0.717) is 0 Å². The van der Waals surface area contributed by atoms with Crippen molar-refractivity contribution in [3.63, 3.8) is 0 Å². The van der Waals surface area contributed by atoms with Crippen molar-refractivity contribution in [1.82, 2.24) is 15.2 Å². The van der Waals surface area contributed by atoms with Crippen LogP contribution in [0.25, 0.3) is 33.1 Å². The van der Waals surface area contributed by atoms with Crippen molar-refractivity contribution in [3.8, 4) is 11.3 Å². The molecule has 4 aromatic rings. The third-order valence-electron chi connectivity index (χ3n) is 5.21. The van der Waals surface area contributed by atoms with Crippen LogP contribution >= 0.6 is 0 Å². The number of pyridine rings is 1. The Kier molecular flexibility index (Phi) is 4.26. The lowest BCUT2D eigenvalue weighted by molar-refractivity contribution is 0.0697. The molecule has 6 heteroatoms. The minimum Gasteiger partial charge on any atom is -0.478 e. The summed E-state index contributed by atoms with van der Waals surface area (Å²) in [6.45, 7) is 6.23. The van der Waals surface area contributed by atoms with E-state index in [0.717, 1.165) is 44.4 Å². The Morgan fingerprint density at radius 2 is 1.86 bits per heavy atom. The van der Waals surface area contributed by atoms with Crippen molar-refractivity contribution in [2.45, 2.75) is 26.8 Å². The van der Waals surface area contributed by atoms with Crippen LogP contribution in [0.3, 0.4) is 0 Å². The minimum atomic E-state index is -0.939.